The summed E-state index contributed by atoms with van der Waals surface area (Å²) in [6, 6.07) is 16.0. The van der Waals surface area contributed by atoms with E-state index in [4.69, 9.17) is 17.0 Å². The molecule has 0 amide bonds. The molecule has 5 nitrogen and oxygen atoms in total. The smallest absolute Gasteiger partial charge is 0.291 e. The van der Waals surface area contributed by atoms with Crippen LogP contribution in [0.4, 0.5) is 5.13 Å². The Balaban J connectivity index is 1.54. The van der Waals surface area contributed by atoms with Crippen molar-refractivity contribution in [2.45, 2.75) is 32.4 Å². The second kappa shape index (κ2) is 8.45. The Labute approximate surface area is 180 Å². The number of ether oxygens (including phenoxy) is 1. The minimum atomic E-state index is -0.634. The molecule has 152 valence electrons. The van der Waals surface area contributed by atoms with E-state index in [2.05, 4.69) is 24.0 Å². The summed E-state index contributed by atoms with van der Waals surface area (Å²) in [6.07, 6.45) is 2.78. The maximum absolute atomic E-state index is 13.8. The SMILES string of the molecule is CCCCc1ccc(C(=S)OC2CN(C)C[N+]2([O-])c2nc3ccccc3s2)cc1. The van der Waals surface area contributed by atoms with Gasteiger partial charge >= 0.3 is 0 Å². The summed E-state index contributed by atoms with van der Waals surface area (Å²) >= 11 is 6.97. The van der Waals surface area contributed by atoms with E-state index in [-0.39, 0.29) is 0 Å². The number of quaternary nitrogens is 1. The number of unbranched alkanes of at least 4 members (excludes halogenated alkanes) is 1. The molecule has 1 fully saturated rings. The van der Waals surface area contributed by atoms with Crippen LogP contribution in [0.2, 0.25) is 0 Å². The van der Waals surface area contributed by atoms with Crippen molar-refractivity contribution in [2.75, 3.05) is 20.3 Å². The lowest BCUT2D eigenvalue weighted by atomic mass is 10.1. The summed E-state index contributed by atoms with van der Waals surface area (Å²) in [5.41, 5.74) is 2.98. The van der Waals surface area contributed by atoms with Crippen LogP contribution in [0.3, 0.4) is 0 Å². The van der Waals surface area contributed by atoms with Crippen LogP contribution in [0.25, 0.3) is 10.2 Å². The first kappa shape index (κ1) is 20.4. The van der Waals surface area contributed by atoms with Crippen LogP contribution in [-0.4, -0.2) is 41.4 Å². The summed E-state index contributed by atoms with van der Waals surface area (Å²) in [4.78, 5) is 6.57. The number of hydroxylamine groups is 2. The van der Waals surface area contributed by atoms with Crippen molar-refractivity contribution in [3.63, 3.8) is 0 Å². The molecule has 2 heterocycles. The van der Waals surface area contributed by atoms with Gasteiger partial charge in [0.1, 0.15) is 6.67 Å². The molecular weight excluding hydrogens is 402 g/mol. The quantitative estimate of drug-likeness (QED) is 0.312. The second-order valence-electron chi connectivity index (χ2n) is 7.60. The first-order chi connectivity index (χ1) is 14.0. The summed E-state index contributed by atoms with van der Waals surface area (Å²) in [7, 11) is 1.92. The van der Waals surface area contributed by atoms with Crippen LogP contribution in [0, 0.1) is 5.21 Å². The van der Waals surface area contributed by atoms with E-state index in [1.807, 2.05) is 48.3 Å². The Morgan fingerprint density at radius 1 is 1.28 bits per heavy atom. The van der Waals surface area contributed by atoms with Crippen molar-refractivity contribution in [3.05, 3.63) is 64.9 Å². The molecule has 0 radical (unpaired) electrons. The van der Waals surface area contributed by atoms with Gasteiger partial charge in [0.25, 0.3) is 11.4 Å². The zero-order valence-electron chi connectivity index (χ0n) is 16.7. The number of benzene rings is 2. The predicted octanol–water partition coefficient (Wildman–Crippen LogP) is 5.07. The second-order valence-corrected chi connectivity index (χ2v) is 8.98. The van der Waals surface area contributed by atoms with Gasteiger partial charge in [0.15, 0.2) is 5.05 Å². The average molecular weight is 428 g/mol. The number of fused-ring (bicyclic) bond motifs is 1. The number of hydrogen-bond donors (Lipinski definition) is 0. The van der Waals surface area contributed by atoms with Crippen molar-refractivity contribution < 1.29 is 4.74 Å². The van der Waals surface area contributed by atoms with E-state index in [9.17, 15) is 5.21 Å². The van der Waals surface area contributed by atoms with Crippen LogP contribution >= 0.6 is 23.6 Å². The van der Waals surface area contributed by atoms with Gasteiger partial charge in [-0.3, -0.25) is 4.65 Å². The molecule has 0 aliphatic carbocycles. The third-order valence-corrected chi connectivity index (χ3v) is 6.72. The number of hydrogen-bond acceptors (Lipinski definition) is 6. The molecule has 3 aromatic rings. The zero-order valence-corrected chi connectivity index (χ0v) is 18.3. The molecule has 2 atom stereocenters. The van der Waals surface area contributed by atoms with Crippen LogP contribution in [-0.2, 0) is 11.2 Å². The molecule has 2 unspecified atom stereocenters. The lowest BCUT2D eigenvalue weighted by Crippen LogP contribution is -2.50. The van der Waals surface area contributed by atoms with Crippen molar-refractivity contribution in [3.8, 4) is 0 Å². The van der Waals surface area contributed by atoms with Gasteiger partial charge < -0.3 is 9.94 Å². The molecule has 2 aromatic carbocycles. The minimum absolute atomic E-state index is 0.295. The molecule has 1 aliphatic rings. The van der Waals surface area contributed by atoms with Gasteiger partial charge in [-0.25, -0.2) is 4.90 Å². The summed E-state index contributed by atoms with van der Waals surface area (Å²) in [5.74, 6) is 0. The number of thiazole rings is 1. The van der Waals surface area contributed by atoms with E-state index in [1.165, 1.54) is 29.7 Å². The Hall–Kier alpha value is -1.90. The van der Waals surface area contributed by atoms with Crippen LogP contribution in [0.1, 0.15) is 30.9 Å². The van der Waals surface area contributed by atoms with E-state index in [1.54, 1.807) is 0 Å². The standard InChI is InChI=1S/C22H25N3O2S2/c1-3-4-7-16-10-12-17(13-11-16)21(28)27-20-14-24(2)15-25(20,26)22-23-18-8-5-6-9-19(18)29-22/h5-6,8-13,20H,3-4,7,14-15H2,1-2H3. The molecule has 0 spiro atoms. The Morgan fingerprint density at radius 3 is 2.76 bits per heavy atom. The number of aromatic nitrogens is 1. The normalized spacial score (nSPS) is 22.2. The van der Waals surface area contributed by atoms with Gasteiger partial charge in [-0.1, -0.05) is 61.1 Å². The maximum atomic E-state index is 13.8. The fourth-order valence-corrected chi connectivity index (χ4v) is 4.90. The Bertz CT molecular complexity index is 972. The van der Waals surface area contributed by atoms with Crippen molar-refractivity contribution in [1.82, 2.24) is 14.5 Å². The van der Waals surface area contributed by atoms with Gasteiger partial charge in [-0.15, -0.1) is 0 Å². The van der Waals surface area contributed by atoms with E-state index < -0.39 is 10.9 Å². The third kappa shape index (κ3) is 4.20. The van der Waals surface area contributed by atoms with Crippen LogP contribution in [0.5, 0.6) is 0 Å². The number of thiocarbonyl (C=S) groups is 1. The van der Waals surface area contributed by atoms with Gasteiger partial charge in [-0.2, -0.15) is 4.98 Å². The minimum Gasteiger partial charge on any atom is -0.622 e. The molecule has 29 heavy (non-hydrogen) atoms. The fraction of sp³-hybridized carbons (Fsp3) is 0.364. The molecular formula is C22H25N3O2S2. The van der Waals surface area contributed by atoms with E-state index >= 15 is 0 Å². The van der Waals surface area contributed by atoms with Crippen molar-refractivity contribution in [2.24, 2.45) is 0 Å². The molecule has 0 saturated carbocycles. The fourth-order valence-electron chi connectivity index (χ4n) is 3.61. The Morgan fingerprint density at radius 2 is 2.03 bits per heavy atom. The summed E-state index contributed by atoms with van der Waals surface area (Å²) in [6.45, 7) is 2.99. The monoisotopic (exact) mass is 427 g/mol. The molecule has 1 aliphatic heterocycles. The largest absolute Gasteiger partial charge is 0.622 e. The van der Waals surface area contributed by atoms with Crippen molar-refractivity contribution in [1.29, 1.82) is 0 Å². The number of likely N-dealkylation sites (N-methyl/N-ethyl adjacent to an activating group) is 1. The maximum Gasteiger partial charge on any atom is 0.291 e. The van der Waals surface area contributed by atoms with Gasteiger partial charge in [0.05, 0.1) is 16.8 Å². The molecule has 0 N–H and O–H groups in total. The van der Waals surface area contributed by atoms with Gasteiger partial charge in [-0.05, 0) is 49.8 Å². The van der Waals surface area contributed by atoms with Gasteiger partial charge in [0, 0.05) is 5.56 Å². The lowest BCUT2D eigenvalue weighted by Gasteiger charge is -2.39. The molecule has 1 saturated heterocycles. The highest BCUT2D eigenvalue weighted by Crippen LogP contribution is 2.37. The zero-order chi connectivity index (χ0) is 20.4. The predicted molar refractivity (Wildman–Crippen MR) is 124 cm³/mol. The average Bonchev–Trinajstić information content (AvgIpc) is 3.28. The number of nitrogens with zero attached hydrogens (tertiary/aromatic N) is 3. The molecule has 7 heteroatoms. The van der Waals surface area contributed by atoms with E-state index in [0.29, 0.717) is 23.4 Å². The summed E-state index contributed by atoms with van der Waals surface area (Å²) < 4.78 is 6.45. The topological polar surface area (TPSA) is 48.4 Å². The van der Waals surface area contributed by atoms with E-state index in [0.717, 1.165) is 22.2 Å². The third-order valence-electron chi connectivity index (χ3n) is 5.24. The number of aryl methyl sites for hydroxylation is 1. The number of para-hydroxylation sites is 1. The molecule has 0 bridgehead atoms. The first-order valence-electron chi connectivity index (χ1n) is 9.93. The first-order valence-corrected chi connectivity index (χ1v) is 11.2. The highest BCUT2D eigenvalue weighted by molar-refractivity contribution is 7.80. The highest BCUT2D eigenvalue weighted by Gasteiger charge is 2.44. The highest BCUT2D eigenvalue weighted by atomic mass is 32.1. The van der Waals surface area contributed by atoms with Crippen molar-refractivity contribution >= 4 is 44.0 Å². The molecule has 4 rings (SSSR count). The van der Waals surface area contributed by atoms with Crippen LogP contribution < -0.4 is 4.65 Å². The van der Waals surface area contributed by atoms with Gasteiger partial charge in [0.2, 0.25) is 0 Å². The lowest BCUT2D eigenvalue weighted by molar-refractivity contribution is 0.102. The number of rotatable bonds is 6. The van der Waals surface area contributed by atoms with Crippen LogP contribution in [0.15, 0.2) is 48.5 Å². The Kier molecular flexibility index (Phi) is 5.94. The molecule has 1 aromatic heterocycles. The summed E-state index contributed by atoms with van der Waals surface area (Å²) in [5, 5.41) is 14.7.